The normalized spacial score (nSPS) is 11.6. The van der Waals surface area contributed by atoms with Crippen LogP contribution in [-0.4, -0.2) is 35.5 Å². The fraction of sp³-hybridized carbons (Fsp3) is 0.667. The highest BCUT2D eigenvalue weighted by molar-refractivity contribution is 5.84. The van der Waals surface area contributed by atoms with Gasteiger partial charge in [-0.25, -0.2) is 0 Å². The molecule has 0 aromatic rings. The molecule has 6 heteroatoms. The van der Waals surface area contributed by atoms with Gasteiger partial charge < -0.3 is 15.7 Å². The van der Waals surface area contributed by atoms with E-state index in [1.54, 1.807) is 6.92 Å². The van der Waals surface area contributed by atoms with Crippen LogP contribution in [0.2, 0.25) is 0 Å². The predicted octanol–water partition coefficient (Wildman–Crippen LogP) is -0.508. The minimum absolute atomic E-state index is 0.109. The van der Waals surface area contributed by atoms with Crippen molar-refractivity contribution in [2.24, 2.45) is 0 Å². The monoisotopic (exact) mass is 216 g/mol. The van der Waals surface area contributed by atoms with Gasteiger partial charge in [0.2, 0.25) is 11.8 Å². The summed E-state index contributed by atoms with van der Waals surface area (Å²) in [6.07, 6.45) is 0.431. The van der Waals surface area contributed by atoms with Crippen LogP contribution in [0.4, 0.5) is 0 Å². The summed E-state index contributed by atoms with van der Waals surface area (Å²) in [7, 11) is 0. The summed E-state index contributed by atoms with van der Waals surface area (Å²) in [5.41, 5.74) is 0. The third kappa shape index (κ3) is 7.48. The van der Waals surface area contributed by atoms with E-state index in [1.165, 1.54) is 6.92 Å². The molecule has 15 heavy (non-hydrogen) atoms. The zero-order valence-electron chi connectivity index (χ0n) is 8.87. The van der Waals surface area contributed by atoms with Crippen molar-refractivity contribution in [3.63, 3.8) is 0 Å². The van der Waals surface area contributed by atoms with Gasteiger partial charge in [-0.15, -0.1) is 0 Å². The van der Waals surface area contributed by atoms with Crippen molar-refractivity contribution in [3.8, 4) is 0 Å². The second-order valence-electron chi connectivity index (χ2n) is 3.18. The Morgan fingerprint density at radius 3 is 2.33 bits per heavy atom. The first-order valence-corrected chi connectivity index (χ1v) is 4.71. The lowest BCUT2D eigenvalue weighted by molar-refractivity contribution is -0.137. The molecule has 0 bridgehead atoms. The largest absolute Gasteiger partial charge is 0.481 e. The minimum atomic E-state index is -0.957. The molecule has 0 fully saturated rings. The maximum Gasteiger partial charge on any atom is 0.305 e. The van der Waals surface area contributed by atoms with Gasteiger partial charge in [0.05, 0.1) is 13.0 Å². The maximum absolute atomic E-state index is 11.2. The van der Waals surface area contributed by atoms with Crippen molar-refractivity contribution in [1.29, 1.82) is 0 Å². The number of carbonyl (C=O) groups is 3. The van der Waals surface area contributed by atoms with Crippen LogP contribution in [0, 0.1) is 0 Å². The van der Waals surface area contributed by atoms with Crippen LogP contribution >= 0.6 is 0 Å². The lowest BCUT2D eigenvalue weighted by Gasteiger charge is -2.14. The van der Waals surface area contributed by atoms with Crippen molar-refractivity contribution in [1.82, 2.24) is 10.6 Å². The molecular formula is C9H16N2O4. The highest BCUT2D eigenvalue weighted by atomic mass is 16.4. The van der Waals surface area contributed by atoms with Crippen molar-refractivity contribution in [2.45, 2.75) is 32.7 Å². The molecule has 0 radical (unpaired) electrons. The van der Waals surface area contributed by atoms with Crippen molar-refractivity contribution >= 4 is 17.8 Å². The highest BCUT2D eigenvalue weighted by Crippen LogP contribution is 1.96. The van der Waals surface area contributed by atoms with Crippen molar-refractivity contribution < 1.29 is 19.5 Å². The molecule has 6 nitrogen and oxygen atoms in total. The first kappa shape index (κ1) is 13.4. The molecule has 0 aromatic carbocycles. The van der Waals surface area contributed by atoms with E-state index in [2.05, 4.69) is 10.6 Å². The SMILES string of the molecule is CCC(CC(=O)O)NC(=O)CNC(C)=O. The number of carboxylic acids is 1. The second kappa shape index (κ2) is 6.80. The predicted molar refractivity (Wildman–Crippen MR) is 53.2 cm³/mol. The number of amides is 2. The van der Waals surface area contributed by atoms with Gasteiger partial charge in [-0.1, -0.05) is 6.92 Å². The van der Waals surface area contributed by atoms with Crippen molar-refractivity contribution in [2.75, 3.05) is 6.54 Å². The summed E-state index contributed by atoms with van der Waals surface area (Å²) in [6.45, 7) is 2.97. The lowest BCUT2D eigenvalue weighted by atomic mass is 10.1. The van der Waals surface area contributed by atoms with Crippen LogP contribution in [-0.2, 0) is 14.4 Å². The third-order valence-electron chi connectivity index (χ3n) is 1.78. The van der Waals surface area contributed by atoms with Crippen LogP contribution < -0.4 is 10.6 Å². The standard InChI is InChI=1S/C9H16N2O4/c1-3-7(4-9(14)15)11-8(13)5-10-6(2)12/h7H,3-5H2,1-2H3,(H,10,12)(H,11,13)(H,14,15). The van der Waals surface area contributed by atoms with E-state index in [-0.39, 0.29) is 30.8 Å². The molecule has 86 valence electrons. The summed E-state index contributed by atoms with van der Waals surface area (Å²) >= 11 is 0. The summed E-state index contributed by atoms with van der Waals surface area (Å²) < 4.78 is 0. The molecule has 0 heterocycles. The number of hydrogen-bond acceptors (Lipinski definition) is 3. The molecule has 0 aromatic heterocycles. The van der Waals surface area contributed by atoms with E-state index in [0.717, 1.165) is 0 Å². The number of carboxylic acid groups (broad SMARTS) is 1. The molecule has 0 spiro atoms. The molecule has 0 aliphatic heterocycles. The van der Waals surface area contributed by atoms with Crippen LogP contribution in [0.1, 0.15) is 26.7 Å². The quantitative estimate of drug-likeness (QED) is 0.557. The second-order valence-corrected chi connectivity index (χ2v) is 3.18. The maximum atomic E-state index is 11.2. The fourth-order valence-corrected chi connectivity index (χ4v) is 0.992. The summed E-state index contributed by atoms with van der Waals surface area (Å²) in [6, 6.07) is -0.385. The van der Waals surface area contributed by atoms with Gasteiger partial charge >= 0.3 is 5.97 Å². The molecule has 0 saturated carbocycles. The summed E-state index contributed by atoms with van der Waals surface area (Å²) in [5, 5.41) is 13.4. The zero-order chi connectivity index (χ0) is 11.8. The summed E-state index contributed by atoms with van der Waals surface area (Å²) in [4.78, 5) is 32.1. The Bertz CT molecular complexity index is 252. The van der Waals surface area contributed by atoms with Crippen LogP contribution in [0.3, 0.4) is 0 Å². The smallest absolute Gasteiger partial charge is 0.305 e. The molecular weight excluding hydrogens is 200 g/mol. The van der Waals surface area contributed by atoms with Gasteiger partial charge in [0.1, 0.15) is 0 Å². The van der Waals surface area contributed by atoms with E-state index in [9.17, 15) is 14.4 Å². The molecule has 1 atom stereocenters. The molecule has 0 aliphatic rings. The van der Waals surface area contributed by atoms with Gasteiger partial charge in [0.25, 0.3) is 0 Å². The van der Waals surface area contributed by atoms with E-state index in [1.807, 2.05) is 0 Å². The number of hydrogen-bond donors (Lipinski definition) is 3. The van der Waals surface area contributed by atoms with Crippen LogP contribution in [0.25, 0.3) is 0 Å². The fourth-order valence-electron chi connectivity index (χ4n) is 0.992. The van der Waals surface area contributed by atoms with Crippen LogP contribution in [0.5, 0.6) is 0 Å². The molecule has 0 saturated heterocycles. The Morgan fingerprint density at radius 1 is 1.33 bits per heavy atom. The molecule has 0 rings (SSSR count). The zero-order valence-corrected chi connectivity index (χ0v) is 8.87. The van der Waals surface area contributed by atoms with E-state index < -0.39 is 5.97 Å². The Morgan fingerprint density at radius 2 is 1.93 bits per heavy atom. The average Bonchev–Trinajstić information content (AvgIpc) is 2.13. The molecule has 2 amide bonds. The van der Waals surface area contributed by atoms with Gasteiger partial charge in [-0.05, 0) is 6.42 Å². The number of aliphatic carboxylic acids is 1. The van der Waals surface area contributed by atoms with E-state index in [0.29, 0.717) is 6.42 Å². The Labute approximate surface area is 88.0 Å². The summed E-state index contributed by atoms with van der Waals surface area (Å²) in [5.74, 6) is -1.63. The average molecular weight is 216 g/mol. The minimum Gasteiger partial charge on any atom is -0.481 e. The Hall–Kier alpha value is -1.59. The molecule has 1 unspecified atom stereocenters. The molecule has 3 N–H and O–H groups in total. The number of rotatable bonds is 6. The topological polar surface area (TPSA) is 95.5 Å². The Kier molecular flexibility index (Phi) is 6.08. The first-order chi connectivity index (χ1) is 6.95. The molecule has 0 aliphatic carbocycles. The van der Waals surface area contributed by atoms with E-state index in [4.69, 9.17) is 5.11 Å². The van der Waals surface area contributed by atoms with E-state index >= 15 is 0 Å². The lowest BCUT2D eigenvalue weighted by Crippen LogP contribution is -2.42. The van der Waals surface area contributed by atoms with Gasteiger partial charge in [0, 0.05) is 13.0 Å². The third-order valence-corrected chi connectivity index (χ3v) is 1.78. The van der Waals surface area contributed by atoms with Gasteiger partial charge in [-0.3, -0.25) is 14.4 Å². The van der Waals surface area contributed by atoms with Gasteiger partial charge in [0.15, 0.2) is 0 Å². The number of carbonyl (C=O) groups excluding carboxylic acids is 2. The Balaban J connectivity index is 3.90. The van der Waals surface area contributed by atoms with Gasteiger partial charge in [-0.2, -0.15) is 0 Å². The number of nitrogens with one attached hydrogen (secondary N) is 2. The van der Waals surface area contributed by atoms with Crippen molar-refractivity contribution in [3.05, 3.63) is 0 Å². The van der Waals surface area contributed by atoms with Crippen LogP contribution in [0.15, 0.2) is 0 Å². The first-order valence-electron chi connectivity index (χ1n) is 4.71. The highest BCUT2D eigenvalue weighted by Gasteiger charge is 2.13.